The molecule has 1 unspecified atom stereocenters. The van der Waals surface area contributed by atoms with Crippen LogP contribution in [0.4, 0.5) is 0 Å². The van der Waals surface area contributed by atoms with E-state index in [1.54, 1.807) is 6.20 Å². The van der Waals surface area contributed by atoms with Gasteiger partial charge >= 0.3 is 0 Å². The van der Waals surface area contributed by atoms with E-state index in [1.807, 2.05) is 36.4 Å². The predicted molar refractivity (Wildman–Crippen MR) is 90.2 cm³/mol. The number of nitrogens with zero attached hydrogens (tertiary/aromatic N) is 1. The van der Waals surface area contributed by atoms with Crippen molar-refractivity contribution in [1.82, 2.24) is 4.98 Å². The third kappa shape index (κ3) is 2.48. The van der Waals surface area contributed by atoms with Gasteiger partial charge in [-0.15, -0.1) is 0 Å². The first-order valence-electron chi connectivity index (χ1n) is 7.94. The Kier molecular flexibility index (Phi) is 3.88. The van der Waals surface area contributed by atoms with Gasteiger partial charge in [-0.1, -0.05) is 56.3 Å². The van der Waals surface area contributed by atoms with Gasteiger partial charge in [0.15, 0.2) is 0 Å². The van der Waals surface area contributed by atoms with Crippen LogP contribution in [0.5, 0.6) is 0 Å². The Labute approximate surface area is 132 Å². The first kappa shape index (κ1) is 15.0. The maximum Gasteiger partial charge on any atom is 0.133 e. The Morgan fingerprint density at radius 1 is 1.05 bits per heavy atom. The summed E-state index contributed by atoms with van der Waals surface area (Å²) in [6.07, 6.45) is 6.89. The first-order valence-corrected chi connectivity index (χ1v) is 7.94. The second-order valence-electron chi connectivity index (χ2n) is 6.74. The van der Waals surface area contributed by atoms with Gasteiger partial charge in [-0.2, -0.15) is 0 Å². The predicted octanol–water partition coefficient (Wildman–Crippen LogP) is 4.56. The van der Waals surface area contributed by atoms with Crippen molar-refractivity contribution in [3.05, 3.63) is 71.6 Å². The minimum atomic E-state index is -1.01. The second kappa shape index (κ2) is 5.69. The highest BCUT2D eigenvalue weighted by Gasteiger charge is 2.50. The summed E-state index contributed by atoms with van der Waals surface area (Å²) in [7, 11) is 0. The van der Waals surface area contributed by atoms with Gasteiger partial charge in [0.1, 0.15) is 5.60 Å². The van der Waals surface area contributed by atoms with E-state index >= 15 is 0 Å². The summed E-state index contributed by atoms with van der Waals surface area (Å²) in [4.78, 5) is 4.47. The number of benzene rings is 1. The summed E-state index contributed by atoms with van der Waals surface area (Å²) in [6, 6.07) is 16.0. The molecule has 1 aliphatic carbocycles. The molecule has 1 aliphatic rings. The number of aromatic nitrogens is 1. The van der Waals surface area contributed by atoms with Gasteiger partial charge in [-0.3, -0.25) is 4.98 Å². The highest BCUT2D eigenvalue weighted by molar-refractivity contribution is 5.57. The zero-order valence-corrected chi connectivity index (χ0v) is 13.3. The van der Waals surface area contributed by atoms with E-state index in [0.29, 0.717) is 0 Å². The molecule has 0 bridgehead atoms. The first-order chi connectivity index (χ1) is 10.5. The molecule has 2 nitrogen and oxygen atoms in total. The van der Waals surface area contributed by atoms with Gasteiger partial charge < -0.3 is 5.11 Å². The molecule has 1 heterocycles. The molecule has 2 aromatic rings. The van der Waals surface area contributed by atoms with Crippen molar-refractivity contribution in [3.8, 4) is 0 Å². The molecule has 114 valence electrons. The Balaban J connectivity index is 2.13. The van der Waals surface area contributed by atoms with Crippen molar-refractivity contribution < 1.29 is 5.11 Å². The lowest BCUT2D eigenvalue weighted by Gasteiger charge is -2.47. The van der Waals surface area contributed by atoms with Crippen molar-refractivity contribution in [2.75, 3.05) is 0 Å². The second-order valence-corrected chi connectivity index (χ2v) is 6.74. The van der Waals surface area contributed by atoms with E-state index in [0.717, 1.165) is 36.1 Å². The Bertz CT molecular complexity index is 661. The van der Waals surface area contributed by atoms with E-state index in [1.165, 1.54) is 0 Å². The fraction of sp³-hybridized carbons (Fsp3) is 0.350. The molecule has 1 fully saturated rings. The molecule has 2 heteroatoms. The van der Waals surface area contributed by atoms with Crippen molar-refractivity contribution in [2.45, 2.75) is 38.7 Å². The van der Waals surface area contributed by atoms with Gasteiger partial charge in [0.05, 0.1) is 5.69 Å². The molecular formula is C20H23NO. The third-order valence-corrected chi connectivity index (χ3v) is 4.87. The van der Waals surface area contributed by atoms with Crippen LogP contribution in [0.15, 0.2) is 60.3 Å². The average Bonchev–Trinajstić information content (AvgIpc) is 2.53. The summed E-state index contributed by atoms with van der Waals surface area (Å²) in [5.74, 6) is 0. The number of pyridine rings is 1. The summed E-state index contributed by atoms with van der Waals surface area (Å²) in [5, 5.41) is 11.7. The van der Waals surface area contributed by atoms with Crippen molar-refractivity contribution in [2.24, 2.45) is 5.41 Å². The Morgan fingerprint density at radius 3 is 2.45 bits per heavy atom. The van der Waals surface area contributed by atoms with E-state index in [2.05, 4.69) is 37.0 Å². The standard InChI is InChI=1S/C20H23NO/c1-19(2)13-8-11-17(15-16-9-4-3-5-10-16)20(19,22)18-12-6-7-14-21-18/h3-7,9-10,12,14-15,22H,8,11,13H2,1-2H3. The van der Waals surface area contributed by atoms with Gasteiger partial charge in [0, 0.05) is 11.6 Å². The van der Waals surface area contributed by atoms with Crippen LogP contribution in [0.1, 0.15) is 44.4 Å². The lowest BCUT2D eigenvalue weighted by Crippen LogP contribution is -2.46. The maximum atomic E-state index is 11.7. The van der Waals surface area contributed by atoms with Crippen molar-refractivity contribution >= 4 is 6.08 Å². The number of hydrogen-bond donors (Lipinski definition) is 1. The zero-order chi connectivity index (χ0) is 15.6. The highest BCUT2D eigenvalue weighted by atomic mass is 16.3. The van der Waals surface area contributed by atoms with Crippen LogP contribution in [0.3, 0.4) is 0 Å². The van der Waals surface area contributed by atoms with Crippen LogP contribution < -0.4 is 0 Å². The molecule has 0 aliphatic heterocycles. The molecule has 3 rings (SSSR count). The van der Waals surface area contributed by atoms with Crippen LogP contribution >= 0.6 is 0 Å². The van der Waals surface area contributed by atoms with Crippen LogP contribution in [-0.4, -0.2) is 10.1 Å². The zero-order valence-electron chi connectivity index (χ0n) is 13.3. The van der Waals surface area contributed by atoms with Crippen molar-refractivity contribution in [1.29, 1.82) is 0 Å². The summed E-state index contributed by atoms with van der Waals surface area (Å²) >= 11 is 0. The molecule has 1 aromatic carbocycles. The van der Waals surface area contributed by atoms with E-state index in [-0.39, 0.29) is 5.41 Å². The molecule has 0 spiro atoms. The van der Waals surface area contributed by atoms with E-state index < -0.39 is 5.60 Å². The minimum Gasteiger partial charge on any atom is -0.379 e. The molecular weight excluding hydrogens is 270 g/mol. The maximum absolute atomic E-state index is 11.7. The Morgan fingerprint density at radius 2 is 1.77 bits per heavy atom. The molecule has 0 amide bonds. The van der Waals surface area contributed by atoms with Crippen LogP contribution in [0, 0.1) is 5.41 Å². The Hall–Kier alpha value is -1.93. The normalized spacial score (nSPS) is 26.0. The monoisotopic (exact) mass is 293 g/mol. The van der Waals surface area contributed by atoms with Crippen LogP contribution in [0.2, 0.25) is 0 Å². The summed E-state index contributed by atoms with van der Waals surface area (Å²) in [6.45, 7) is 4.28. The van der Waals surface area contributed by atoms with Gasteiger partial charge in [0.25, 0.3) is 0 Å². The van der Waals surface area contributed by atoms with E-state index in [4.69, 9.17) is 0 Å². The SMILES string of the molecule is CC1(C)CCCC(=Cc2ccccc2)C1(O)c1ccccn1. The summed E-state index contributed by atoms with van der Waals surface area (Å²) < 4.78 is 0. The number of hydrogen-bond acceptors (Lipinski definition) is 2. The van der Waals surface area contributed by atoms with Gasteiger partial charge in [-0.25, -0.2) is 0 Å². The molecule has 1 N–H and O–H groups in total. The quantitative estimate of drug-likeness (QED) is 0.880. The van der Waals surface area contributed by atoms with E-state index in [9.17, 15) is 5.11 Å². The topological polar surface area (TPSA) is 33.1 Å². The number of rotatable bonds is 2. The average molecular weight is 293 g/mol. The third-order valence-electron chi connectivity index (χ3n) is 4.87. The minimum absolute atomic E-state index is 0.236. The molecule has 0 saturated heterocycles. The molecule has 1 saturated carbocycles. The molecule has 0 radical (unpaired) electrons. The lowest BCUT2D eigenvalue weighted by atomic mass is 9.61. The summed E-state index contributed by atoms with van der Waals surface area (Å²) in [5.41, 5.74) is 1.70. The van der Waals surface area contributed by atoms with Crippen LogP contribution in [-0.2, 0) is 5.60 Å². The number of aliphatic hydroxyl groups is 1. The van der Waals surface area contributed by atoms with Crippen molar-refractivity contribution in [3.63, 3.8) is 0 Å². The fourth-order valence-corrected chi connectivity index (χ4v) is 3.53. The lowest BCUT2D eigenvalue weighted by molar-refractivity contribution is -0.0638. The molecule has 1 aromatic heterocycles. The smallest absolute Gasteiger partial charge is 0.133 e. The van der Waals surface area contributed by atoms with Gasteiger partial charge in [-0.05, 0) is 42.5 Å². The van der Waals surface area contributed by atoms with Crippen LogP contribution in [0.25, 0.3) is 6.08 Å². The fourth-order valence-electron chi connectivity index (χ4n) is 3.53. The largest absolute Gasteiger partial charge is 0.379 e. The molecule has 22 heavy (non-hydrogen) atoms. The van der Waals surface area contributed by atoms with Gasteiger partial charge in [0.2, 0.25) is 0 Å². The molecule has 1 atom stereocenters. The highest BCUT2D eigenvalue weighted by Crippen LogP contribution is 2.52.